The molecule has 0 aromatic heterocycles. The molecule has 7 atom stereocenters. The number of likely N-dealkylation sites (N-methyl/N-ethyl adjacent to an activating group) is 1. The molecular formula is C50H92NO12P. The van der Waals surface area contributed by atoms with Gasteiger partial charge in [0, 0.05) is 43.9 Å². The van der Waals surface area contributed by atoms with Crippen molar-refractivity contribution >= 4 is 25.5 Å². The molecule has 1 saturated carbocycles. The normalized spacial score (nSPS) is 19.9. The van der Waals surface area contributed by atoms with Crippen molar-refractivity contribution in [2.45, 2.75) is 218 Å². The van der Waals surface area contributed by atoms with Crippen LogP contribution >= 0.6 is 7.82 Å². The average molecular weight is 930 g/mol. The van der Waals surface area contributed by atoms with Crippen molar-refractivity contribution in [1.82, 2.24) is 0 Å². The van der Waals surface area contributed by atoms with E-state index < -0.39 is 69.2 Å². The number of phosphoric acid groups is 1. The second-order valence-corrected chi connectivity index (χ2v) is 20.6. The maximum atomic E-state index is 12.9. The van der Waals surface area contributed by atoms with E-state index in [9.17, 15) is 39.2 Å². The van der Waals surface area contributed by atoms with E-state index in [-0.39, 0.29) is 44.5 Å². The van der Waals surface area contributed by atoms with Gasteiger partial charge in [-0.1, -0.05) is 134 Å². The van der Waals surface area contributed by atoms with Crippen molar-refractivity contribution in [2.75, 3.05) is 47.5 Å². The van der Waals surface area contributed by atoms with Crippen molar-refractivity contribution in [1.29, 1.82) is 0 Å². The molecule has 0 radical (unpaired) electrons. The maximum absolute atomic E-state index is 12.9. The molecule has 1 rings (SSSR count). The van der Waals surface area contributed by atoms with Gasteiger partial charge in [0.25, 0.3) is 7.82 Å². The predicted molar refractivity (Wildman–Crippen MR) is 252 cm³/mol. The Kier molecular flexibility index (Phi) is 34.8. The van der Waals surface area contributed by atoms with Crippen LogP contribution in [0.2, 0.25) is 0 Å². The summed E-state index contributed by atoms with van der Waals surface area (Å²) >= 11 is 0. The maximum Gasteiger partial charge on any atom is 0.306 e. The molecule has 0 aromatic rings. The Morgan fingerprint density at radius 2 is 1.23 bits per heavy atom. The molecule has 0 aromatic carbocycles. The highest BCUT2D eigenvalue weighted by molar-refractivity contribution is 7.45. The monoisotopic (exact) mass is 930 g/mol. The zero-order valence-corrected chi connectivity index (χ0v) is 41.7. The first-order chi connectivity index (χ1) is 30.6. The van der Waals surface area contributed by atoms with E-state index in [0.29, 0.717) is 36.7 Å². The number of phosphoric ester groups is 1. The van der Waals surface area contributed by atoms with Gasteiger partial charge in [0.05, 0.1) is 46.1 Å². The van der Waals surface area contributed by atoms with Gasteiger partial charge in [0.1, 0.15) is 25.5 Å². The van der Waals surface area contributed by atoms with Gasteiger partial charge in [-0.25, -0.2) is 0 Å². The van der Waals surface area contributed by atoms with E-state index in [0.717, 1.165) is 38.5 Å². The predicted octanol–water partition coefficient (Wildman–Crippen LogP) is 9.62. The fourth-order valence-corrected chi connectivity index (χ4v) is 8.61. The Morgan fingerprint density at radius 3 is 1.84 bits per heavy atom. The molecular weight excluding hydrogens is 838 g/mol. The minimum absolute atomic E-state index is 0.00817. The van der Waals surface area contributed by atoms with Gasteiger partial charge in [0.2, 0.25) is 0 Å². The third-order valence-corrected chi connectivity index (χ3v) is 12.9. The lowest BCUT2D eigenvalue weighted by atomic mass is 9.87. The van der Waals surface area contributed by atoms with E-state index >= 15 is 0 Å². The lowest BCUT2D eigenvalue weighted by Crippen LogP contribution is -2.37. The van der Waals surface area contributed by atoms with Crippen LogP contribution in [0.1, 0.15) is 194 Å². The zero-order chi connectivity index (χ0) is 47.5. The molecule has 0 bridgehead atoms. The highest BCUT2D eigenvalue weighted by atomic mass is 31.2. The molecule has 13 nitrogen and oxygen atoms in total. The van der Waals surface area contributed by atoms with Crippen LogP contribution in [0.5, 0.6) is 0 Å². The number of allylic oxidation sites excluding steroid dienone is 2. The van der Waals surface area contributed by atoms with Crippen LogP contribution < -0.4 is 4.89 Å². The molecule has 1 aliphatic carbocycles. The number of carbonyl (C=O) groups is 3. The molecule has 64 heavy (non-hydrogen) atoms. The Labute approximate surface area is 388 Å². The largest absolute Gasteiger partial charge is 0.756 e. The summed E-state index contributed by atoms with van der Waals surface area (Å²) in [7, 11) is 0.966. The Hall–Kier alpha value is -1.96. The summed E-state index contributed by atoms with van der Waals surface area (Å²) in [6.07, 6.45) is 29.7. The lowest BCUT2D eigenvalue weighted by Gasteiger charge is -2.28. The van der Waals surface area contributed by atoms with E-state index in [1.165, 1.54) is 83.5 Å². The third-order valence-electron chi connectivity index (χ3n) is 11.9. The number of ether oxygens (including phenoxy) is 2. The van der Waals surface area contributed by atoms with Gasteiger partial charge in [-0.2, -0.15) is 0 Å². The molecule has 0 heterocycles. The first kappa shape index (κ1) is 60.1. The van der Waals surface area contributed by atoms with Crippen LogP contribution in [-0.4, -0.2) is 109 Å². The van der Waals surface area contributed by atoms with Gasteiger partial charge in [-0.05, 0) is 51.4 Å². The molecule has 14 heteroatoms. The van der Waals surface area contributed by atoms with Crippen molar-refractivity contribution in [3.63, 3.8) is 0 Å². The molecule has 374 valence electrons. The Morgan fingerprint density at radius 1 is 0.703 bits per heavy atom. The van der Waals surface area contributed by atoms with Gasteiger partial charge in [-0.3, -0.25) is 18.9 Å². The van der Waals surface area contributed by atoms with E-state index in [2.05, 4.69) is 26.0 Å². The van der Waals surface area contributed by atoms with Gasteiger partial charge in [0.15, 0.2) is 6.10 Å². The summed E-state index contributed by atoms with van der Waals surface area (Å²) < 4.78 is 33.9. The lowest BCUT2D eigenvalue weighted by molar-refractivity contribution is -0.870. The topological polar surface area (TPSA) is 189 Å². The second kappa shape index (κ2) is 37.1. The van der Waals surface area contributed by atoms with Crippen molar-refractivity contribution in [3.8, 4) is 0 Å². The van der Waals surface area contributed by atoms with Crippen molar-refractivity contribution in [2.24, 2.45) is 11.8 Å². The van der Waals surface area contributed by atoms with Gasteiger partial charge >= 0.3 is 11.9 Å². The van der Waals surface area contributed by atoms with Gasteiger partial charge in [-0.15, -0.1) is 0 Å². The van der Waals surface area contributed by atoms with Crippen LogP contribution in [0.3, 0.4) is 0 Å². The summed E-state index contributed by atoms with van der Waals surface area (Å²) in [4.78, 5) is 50.8. The fraction of sp³-hybridized carbons (Fsp3) is 0.860. The first-order valence-electron chi connectivity index (χ1n) is 25.2. The summed E-state index contributed by atoms with van der Waals surface area (Å²) in [5, 5.41) is 31.4. The standard InChI is InChI=1S/C50H92NO12P/c1-6-8-10-11-12-13-14-15-16-17-18-19-20-21-22-23-24-25-27-33-50(57)63-44(41-62-64(58,59)61-37-36-51(3,4)5)40-60-49(56)32-29-28-31-43(53)38-46-45(47(54)39-48(46)55)35-34-42(52)30-26-9-7-2/h15-16,34-35,42,44-48,52,54-55H,6-14,17-33,36-41H2,1-5H3/b16-15-,35-34+/t42-,44+,45+,46+,47+,48-/m0/s1. The highest BCUT2D eigenvalue weighted by Crippen LogP contribution is 2.39. The number of hydrogen-bond donors (Lipinski definition) is 3. The number of aliphatic hydroxyl groups excluding tert-OH is 3. The van der Waals surface area contributed by atoms with Crippen LogP contribution in [0, 0.1) is 11.8 Å². The number of carbonyl (C=O) groups excluding carboxylic acids is 3. The number of rotatable bonds is 42. The molecule has 1 aliphatic rings. The van der Waals surface area contributed by atoms with E-state index in [1.54, 1.807) is 12.2 Å². The Bertz CT molecular complexity index is 1320. The van der Waals surface area contributed by atoms with Crippen molar-refractivity contribution < 1.29 is 62.2 Å². The number of ketones is 1. The molecule has 3 N–H and O–H groups in total. The van der Waals surface area contributed by atoms with Crippen molar-refractivity contribution in [3.05, 3.63) is 24.3 Å². The molecule has 0 spiro atoms. The minimum Gasteiger partial charge on any atom is -0.756 e. The summed E-state index contributed by atoms with van der Waals surface area (Å²) in [5.74, 6) is -2.10. The third kappa shape index (κ3) is 33.5. The smallest absolute Gasteiger partial charge is 0.306 e. The molecule has 0 amide bonds. The molecule has 1 unspecified atom stereocenters. The molecule has 0 saturated heterocycles. The molecule has 0 aliphatic heterocycles. The quantitative estimate of drug-likeness (QED) is 0.0173. The second-order valence-electron chi connectivity index (χ2n) is 19.1. The van der Waals surface area contributed by atoms with Gasteiger partial charge < -0.3 is 43.2 Å². The number of aliphatic hydroxyl groups is 3. The summed E-state index contributed by atoms with van der Waals surface area (Å²) in [5.41, 5.74) is 0. The minimum atomic E-state index is -4.72. The van der Waals surface area contributed by atoms with Crippen LogP contribution in [-0.2, 0) is 37.5 Å². The number of nitrogens with zero attached hydrogens (tertiary/aromatic N) is 1. The number of Topliss-reactive ketones (excluding diaryl/α,β-unsaturated/α-hetero) is 1. The van der Waals surface area contributed by atoms with Crippen LogP contribution in [0.25, 0.3) is 0 Å². The number of quaternary nitrogens is 1. The van der Waals surface area contributed by atoms with E-state index in [4.69, 9.17) is 18.5 Å². The summed E-state index contributed by atoms with van der Waals surface area (Å²) in [6, 6.07) is 0. The van der Waals surface area contributed by atoms with Crippen LogP contribution in [0.4, 0.5) is 0 Å². The summed E-state index contributed by atoms with van der Waals surface area (Å²) in [6.45, 7) is 3.70. The SMILES string of the molecule is CCCCCCCC/C=C\CCCCCCCCCCCC(=O)O[C@H](COC(=O)CCCCC(=O)C[C@@H]1[C@@H](/C=C/[C@@H](O)CCCCC)[C@H](O)C[C@@H]1O)COP(=O)([O-])OCC[N+](C)(C)C. The first-order valence-corrected chi connectivity index (χ1v) is 26.7. The number of unbranched alkanes of at least 4 members (excludes halogenated alkanes) is 18. The van der Waals surface area contributed by atoms with E-state index in [1.807, 2.05) is 21.1 Å². The van der Waals surface area contributed by atoms with Crippen LogP contribution in [0.15, 0.2) is 24.3 Å². The number of esters is 2. The Balaban J connectivity index is 2.44. The fourth-order valence-electron chi connectivity index (χ4n) is 7.88. The zero-order valence-electron chi connectivity index (χ0n) is 40.8. The number of hydrogen-bond acceptors (Lipinski definition) is 12. The average Bonchev–Trinajstić information content (AvgIpc) is 3.49. The molecule has 1 fully saturated rings. The highest BCUT2D eigenvalue weighted by Gasteiger charge is 2.41.